The summed E-state index contributed by atoms with van der Waals surface area (Å²) in [7, 11) is 0. The molecule has 0 saturated carbocycles. The molecule has 7 aromatic carbocycles. The van der Waals surface area contributed by atoms with Gasteiger partial charge in [-0.1, -0.05) is 84.9 Å². The lowest BCUT2D eigenvalue weighted by Crippen LogP contribution is -2.01. The molecule has 0 saturated heterocycles. The second-order valence-corrected chi connectivity index (χ2v) is 12.8. The number of rotatable bonds is 4. The Kier molecular flexibility index (Phi) is 5.86. The van der Waals surface area contributed by atoms with E-state index in [0.717, 1.165) is 77.3 Å². The highest BCUT2D eigenvalue weighted by molar-refractivity contribution is 6.10. The van der Waals surface area contributed by atoms with E-state index in [2.05, 4.69) is 102 Å². The second-order valence-electron chi connectivity index (χ2n) is 12.8. The Morgan fingerprint density at radius 2 is 0.902 bits per heavy atom. The number of para-hydroxylation sites is 5. The van der Waals surface area contributed by atoms with E-state index in [1.165, 1.54) is 10.8 Å². The van der Waals surface area contributed by atoms with Crippen molar-refractivity contribution in [1.82, 2.24) is 19.5 Å². The lowest BCUT2D eigenvalue weighted by Gasteiger charge is -2.11. The fourth-order valence-corrected chi connectivity index (χ4v) is 7.50. The van der Waals surface area contributed by atoms with Crippen LogP contribution in [0, 0.1) is 0 Å². The molecule has 0 N–H and O–H groups in total. The predicted molar refractivity (Wildman–Crippen MR) is 205 cm³/mol. The summed E-state index contributed by atoms with van der Waals surface area (Å²) in [5.41, 5.74) is 9.21. The second kappa shape index (κ2) is 10.7. The van der Waals surface area contributed by atoms with Gasteiger partial charge in [0.1, 0.15) is 22.3 Å². The van der Waals surface area contributed by atoms with Crippen LogP contribution in [-0.4, -0.2) is 19.5 Å². The largest absolute Gasteiger partial charge is 0.456 e. The molecule has 0 aliphatic heterocycles. The van der Waals surface area contributed by atoms with Crippen LogP contribution in [0.3, 0.4) is 0 Å². The fourth-order valence-electron chi connectivity index (χ4n) is 7.50. The molecule has 4 aromatic heterocycles. The number of fused-ring (bicyclic) bond motifs is 9. The minimum Gasteiger partial charge on any atom is -0.456 e. The van der Waals surface area contributed by atoms with Crippen LogP contribution in [0.5, 0.6) is 0 Å². The van der Waals surface area contributed by atoms with E-state index in [9.17, 15) is 0 Å². The Bertz CT molecular complexity index is 3100. The molecule has 0 aliphatic rings. The van der Waals surface area contributed by atoms with Crippen LogP contribution in [0.2, 0.25) is 0 Å². The van der Waals surface area contributed by atoms with Crippen molar-refractivity contribution in [2.75, 3.05) is 0 Å². The lowest BCUT2D eigenvalue weighted by molar-refractivity contribution is 0.669. The molecule has 0 amide bonds. The van der Waals surface area contributed by atoms with Crippen molar-refractivity contribution in [2.24, 2.45) is 0 Å². The zero-order valence-electron chi connectivity index (χ0n) is 27.1. The molecule has 6 nitrogen and oxygen atoms in total. The smallest absolute Gasteiger partial charge is 0.167 e. The number of hydrogen-bond acceptors (Lipinski definition) is 5. The number of aromatic nitrogens is 4. The van der Waals surface area contributed by atoms with Crippen LogP contribution in [-0.2, 0) is 0 Å². The minimum atomic E-state index is 0.545. The van der Waals surface area contributed by atoms with Crippen molar-refractivity contribution >= 4 is 65.7 Å². The standard InChI is InChI=1S/C45H26N4O2/c1-5-16-37-30(10-1)31-11-2-6-17-38(31)49(37)29-23-20-27(21-24-29)43-46-44(28-22-25-41-36(26-28)33-13-4-7-18-39(33)50-41)48-45(47-43)35-15-9-14-34-32-12-3-8-19-40(32)51-42(34)35/h1-26H. The summed E-state index contributed by atoms with van der Waals surface area (Å²) in [5, 5.41) is 6.60. The molecule has 0 spiro atoms. The Morgan fingerprint density at radius 3 is 1.63 bits per heavy atom. The summed E-state index contributed by atoms with van der Waals surface area (Å²) in [6, 6.07) is 54.0. The van der Waals surface area contributed by atoms with E-state index in [0.29, 0.717) is 17.5 Å². The van der Waals surface area contributed by atoms with Crippen molar-refractivity contribution in [3.05, 3.63) is 158 Å². The summed E-state index contributed by atoms with van der Waals surface area (Å²) < 4.78 is 14.9. The predicted octanol–water partition coefficient (Wildman–Crippen LogP) is 11.8. The van der Waals surface area contributed by atoms with Gasteiger partial charge in [0, 0.05) is 49.1 Å². The molecule has 0 bridgehead atoms. The van der Waals surface area contributed by atoms with Gasteiger partial charge in [0.15, 0.2) is 17.5 Å². The van der Waals surface area contributed by atoms with Gasteiger partial charge in [0.2, 0.25) is 0 Å². The maximum Gasteiger partial charge on any atom is 0.167 e. The van der Waals surface area contributed by atoms with Gasteiger partial charge >= 0.3 is 0 Å². The van der Waals surface area contributed by atoms with Gasteiger partial charge < -0.3 is 13.4 Å². The zero-order valence-corrected chi connectivity index (χ0v) is 27.1. The SMILES string of the molecule is c1ccc2c(c1)oc1ccc(-c3nc(-c4ccc(-n5c6ccccc6c6ccccc65)cc4)nc(-c4cccc5c4oc4ccccc45)n3)cc12. The van der Waals surface area contributed by atoms with Crippen molar-refractivity contribution in [1.29, 1.82) is 0 Å². The molecule has 11 rings (SSSR count). The Morgan fingerprint density at radius 1 is 0.373 bits per heavy atom. The average Bonchev–Trinajstić information content (AvgIpc) is 3.87. The first-order valence-electron chi connectivity index (χ1n) is 16.9. The monoisotopic (exact) mass is 654 g/mol. The third-order valence-electron chi connectivity index (χ3n) is 9.88. The summed E-state index contributed by atoms with van der Waals surface area (Å²) in [6.45, 7) is 0. The van der Waals surface area contributed by atoms with Gasteiger partial charge in [-0.3, -0.25) is 0 Å². The average molecular weight is 655 g/mol. The molecule has 238 valence electrons. The molecule has 0 atom stereocenters. The number of benzene rings is 7. The van der Waals surface area contributed by atoms with Gasteiger partial charge in [-0.2, -0.15) is 0 Å². The number of nitrogens with zero attached hydrogens (tertiary/aromatic N) is 4. The van der Waals surface area contributed by atoms with Gasteiger partial charge in [-0.15, -0.1) is 0 Å². The van der Waals surface area contributed by atoms with Crippen molar-refractivity contribution in [3.63, 3.8) is 0 Å². The zero-order chi connectivity index (χ0) is 33.5. The summed E-state index contributed by atoms with van der Waals surface area (Å²) in [5.74, 6) is 1.69. The minimum absolute atomic E-state index is 0.545. The van der Waals surface area contributed by atoms with Gasteiger partial charge in [-0.05, 0) is 72.8 Å². The first-order valence-corrected chi connectivity index (χ1v) is 16.9. The van der Waals surface area contributed by atoms with E-state index in [4.69, 9.17) is 23.8 Å². The number of furan rings is 2. The van der Waals surface area contributed by atoms with Crippen LogP contribution in [0.25, 0.3) is 106 Å². The quantitative estimate of drug-likeness (QED) is 0.189. The van der Waals surface area contributed by atoms with Crippen molar-refractivity contribution in [3.8, 4) is 39.9 Å². The van der Waals surface area contributed by atoms with Crippen LogP contribution in [0.15, 0.2) is 167 Å². The molecular formula is C45H26N4O2. The van der Waals surface area contributed by atoms with E-state index in [-0.39, 0.29) is 0 Å². The van der Waals surface area contributed by atoms with E-state index in [1.807, 2.05) is 60.7 Å². The van der Waals surface area contributed by atoms with Crippen LogP contribution in [0.1, 0.15) is 0 Å². The topological polar surface area (TPSA) is 69.9 Å². The molecule has 0 unspecified atom stereocenters. The van der Waals surface area contributed by atoms with Crippen molar-refractivity contribution in [2.45, 2.75) is 0 Å². The van der Waals surface area contributed by atoms with Gasteiger partial charge in [0.25, 0.3) is 0 Å². The number of hydrogen-bond donors (Lipinski definition) is 0. The van der Waals surface area contributed by atoms with Crippen molar-refractivity contribution < 1.29 is 8.83 Å². The van der Waals surface area contributed by atoms with Gasteiger partial charge in [-0.25, -0.2) is 15.0 Å². The molecule has 0 aliphatic carbocycles. The highest BCUT2D eigenvalue weighted by Gasteiger charge is 2.19. The molecule has 0 fully saturated rings. The maximum absolute atomic E-state index is 6.44. The molecular weight excluding hydrogens is 629 g/mol. The summed E-state index contributed by atoms with van der Waals surface area (Å²) >= 11 is 0. The first-order chi connectivity index (χ1) is 25.3. The summed E-state index contributed by atoms with van der Waals surface area (Å²) in [6.07, 6.45) is 0. The van der Waals surface area contributed by atoms with Crippen LogP contribution < -0.4 is 0 Å². The molecule has 4 heterocycles. The Hall–Kier alpha value is -7.05. The Labute approximate surface area is 290 Å². The third-order valence-corrected chi connectivity index (χ3v) is 9.88. The highest BCUT2D eigenvalue weighted by Crippen LogP contribution is 2.37. The van der Waals surface area contributed by atoms with Crippen LogP contribution >= 0.6 is 0 Å². The lowest BCUT2D eigenvalue weighted by atomic mass is 10.1. The maximum atomic E-state index is 6.44. The fraction of sp³-hybridized carbons (Fsp3) is 0. The molecule has 6 heteroatoms. The normalized spacial score (nSPS) is 11.9. The molecule has 51 heavy (non-hydrogen) atoms. The van der Waals surface area contributed by atoms with E-state index < -0.39 is 0 Å². The van der Waals surface area contributed by atoms with Gasteiger partial charge in [0.05, 0.1) is 16.6 Å². The first kappa shape index (κ1) is 27.9. The highest BCUT2D eigenvalue weighted by atomic mass is 16.3. The summed E-state index contributed by atoms with van der Waals surface area (Å²) in [4.78, 5) is 15.3. The molecule has 0 radical (unpaired) electrons. The van der Waals surface area contributed by atoms with E-state index >= 15 is 0 Å². The van der Waals surface area contributed by atoms with E-state index in [1.54, 1.807) is 0 Å². The van der Waals surface area contributed by atoms with Crippen LogP contribution in [0.4, 0.5) is 0 Å². The molecule has 11 aromatic rings. The third kappa shape index (κ3) is 4.26. The Balaban J connectivity index is 1.11.